The number of hydrogen-bond donors (Lipinski definition) is 1. The summed E-state index contributed by atoms with van der Waals surface area (Å²) in [5.41, 5.74) is 6.69. The van der Waals surface area contributed by atoms with Crippen molar-refractivity contribution >= 4 is 27.5 Å². The molecule has 1 saturated heterocycles. The lowest BCUT2D eigenvalue weighted by molar-refractivity contribution is -0.122. The second-order valence-corrected chi connectivity index (χ2v) is 10.2. The fraction of sp³-hybridized carbons (Fsp3) is 0.682. The number of nitrogens with two attached hydrogens (primary N) is 1. The standard InChI is InChI=1S/C22H28F2N4O2S/c23-22(24)7-9-28(10-8-22)14-2-4-15(5-3-14)30-20-18-16-11-13(19(25)29)1-6-17(16)31-21(18)27-12-26-20/h12-15H,1-11H2,(H2,25,29)/t13-,14?,15?/m0/s1. The summed E-state index contributed by atoms with van der Waals surface area (Å²) in [6.07, 6.45) is 7.48. The summed E-state index contributed by atoms with van der Waals surface area (Å²) in [6, 6.07) is 0.367. The molecule has 0 unspecified atom stereocenters. The minimum atomic E-state index is -2.50. The molecular weight excluding hydrogens is 422 g/mol. The second-order valence-electron chi connectivity index (χ2n) is 9.15. The number of hydrogen-bond acceptors (Lipinski definition) is 6. The summed E-state index contributed by atoms with van der Waals surface area (Å²) in [6.45, 7) is 0.968. The number of rotatable bonds is 4. The molecule has 0 spiro atoms. The smallest absolute Gasteiger partial charge is 0.250 e. The number of primary amides is 1. The molecule has 6 nitrogen and oxygen atoms in total. The van der Waals surface area contributed by atoms with Gasteiger partial charge < -0.3 is 10.5 Å². The number of amides is 1. The number of piperidine rings is 1. The average molecular weight is 451 g/mol. The molecule has 1 amide bonds. The van der Waals surface area contributed by atoms with Crippen molar-refractivity contribution in [3.8, 4) is 5.88 Å². The number of carbonyl (C=O) groups excluding carboxylic acids is 1. The van der Waals surface area contributed by atoms with Gasteiger partial charge >= 0.3 is 0 Å². The van der Waals surface area contributed by atoms with Crippen LogP contribution in [0.25, 0.3) is 10.2 Å². The number of ether oxygens (including phenoxy) is 1. The van der Waals surface area contributed by atoms with Crippen LogP contribution in [0.2, 0.25) is 0 Å². The van der Waals surface area contributed by atoms with E-state index in [0.29, 0.717) is 31.4 Å². The highest BCUT2D eigenvalue weighted by Gasteiger charge is 2.37. The zero-order valence-corrected chi connectivity index (χ0v) is 18.3. The quantitative estimate of drug-likeness (QED) is 0.768. The molecule has 2 fully saturated rings. The number of alkyl halides is 2. The monoisotopic (exact) mass is 450 g/mol. The molecule has 3 aliphatic rings. The first kappa shape index (κ1) is 21.0. The molecule has 31 heavy (non-hydrogen) atoms. The Kier molecular flexibility index (Phi) is 5.58. The van der Waals surface area contributed by atoms with Crippen LogP contribution < -0.4 is 10.5 Å². The highest BCUT2D eigenvalue weighted by molar-refractivity contribution is 7.18. The van der Waals surface area contributed by atoms with E-state index in [1.165, 1.54) is 4.88 Å². The molecule has 1 aliphatic heterocycles. The predicted molar refractivity (Wildman–Crippen MR) is 115 cm³/mol. The van der Waals surface area contributed by atoms with Gasteiger partial charge in [0.2, 0.25) is 11.8 Å². The SMILES string of the molecule is NC(=O)[C@H]1CCc2sc3ncnc(OC4CCC(N5CCC(F)(F)CC5)CC4)c3c2C1. The summed E-state index contributed by atoms with van der Waals surface area (Å²) in [4.78, 5) is 25.0. The summed E-state index contributed by atoms with van der Waals surface area (Å²) in [5, 5.41) is 0.939. The van der Waals surface area contributed by atoms with E-state index in [-0.39, 0.29) is 30.8 Å². The van der Waals surface area contributed by atoms with Gasteiger partial charge in [0, 0.05) is 42.8 Å². The molecule has 0 aromatic carbocycles. The van der Waals surface area contributed by atoms with Crippen LogP contribution in [0.3, 0.4) is 0 Å². The molecule has 1 atom stereocenters. The summed E-state index contributed by atoms with van der Waals surface area (Å²) in [5.74, 6) is -2.29. The average Bonchev–Trinajstić information content (AvgIpc) is 3.13. The van der Waals surface area contributed by atoms with Gasteiger partial charge in [0.05, 0.1) is 5.39 Å². The van der Waals surface area contributed by atoms with Gasteiger partial charge in [-0.05, 0) is 50.5 Å². The normalized spacial score (nSPS) is 28.9. The van der Waals surface area contributed by atoms with Gasteiger partial charge in [-0.1, -0.05) is 0 Å². The lowest BCUT2D eigenvalue weighted by Crippen LogP contribution is -2.47. The molecular formula is C22H28F2N4O2S. The van der Waals surface area contributed by atoms with Gasteiger partial charge in [0.25, 0.3) is 5.92 Å². The van der Waals surface area contributed by atoms with Crippen molar-refractivity contribution in [1.29, 1.82) is 0 Å². The van der Waals surface area contributed by atoms with Crippen LogP contribution in [0, 0.1) is 5.92 Å². The maximum atomic E-state index is 13.5. The van der Waals surface area contributed by atoms with Gasteiger partial charge in [-0.3, -0.25) is 9.69 Å². The van der Waals surface area contributed by atoms with Gasteiger partial charge in [-0.2, -0.15) is 0 Å². The number of halogens is 2. The van der Waals surface area contributed by atoms with Gasteiger partial charge in [0.15, 0.2) is 0 Å². The number of thiophene rings is 1. The first-order valence-corrected chi connectivity index (χ1v) is 12.0. The van der Waals surface area contributed by atoms with Crippen LogP contribution >= 0.6 is 11.3 Å². The highest BCUT2D eigenvalue weighted by atomic mass is 32.1. The molecule has 0 radical (unpaired) electrons. The Labute approximate surface area is 184 Å². The first-order valence-electron chi connectivity index (χ1n) is 11.2. The van der Waals surface area contributed by atoms with Crippen LogP contribution in [0.4, 0.5) is 8.78 Å². The van der Waals surface area contributed by atoms with Crippen molar-refractivity contribution in [2.75, 3.05) is 13.1 Å². The van der Waals surface area contributed by atoms with Crippen molar-refractivity contribution in [3.63, 3.8) is 0 Å². The van der Waals surface area contributed by atoms with Gasteiger partial charge in [-0.25, -0.2) is 18.7 Å². The van der Waals surface area contributed by atoms with E-state index in [2.05, 4.69) is 14.9 Å². The summed E-state index contributed by atoms with van der Waals surface area (Å²) in [7, 11) is 0. The van der Waals surface area contributed by atoms with Crippen LogP contribution in [0.5, 0.6) is 5.88 Å². The van der Waals surface area contributed by atoms with E-state index < -0.39 is 5.92 Å². The molecule has 5 rings (SSSR count). The van der Waals surface area contributed by atoms with Crippen molar-refractivity contribution in [2.45, 2.75) is 75.9 Å². The summed E-state index contributed by atoms with van der Waals surface area (Å²) >= 11 is 1.66. The molecule has 3 heterocycles. The zero-order chi connectivity index (χ0) is 21.6. The number of carbonyl (C=O) groups is 1. The fourth-order valence-corrected chi connectivity index (χ4v) is 6.49. The number of nitrogens with zero attached hydrogens (tertiary/aromatic N) is 3. The Morgan fingerprint density at radius 2 is 1.90 bits per heavy atom. The van der Waals surface area contributed by atoms with Crippen LogP contribution in [-0.4, -0.2) is 51.9 Å². The first-order chi connectivity index (χ1) is 14.9. The number of fused-ring (bicyclic) bond motifs is 3. The molecule has 2 aliphatic carbocycles. The van der Waals surface area contributed by atoms with Crippen LogP contribution in [-0.2, 0) is 17.6 Å². The molecule has 2 aromatic rings. The molecule has 2 N–H and O–H groups in total. The maximum absolute atomic E-state index is 13.5. The van der Waals surface area contributed by atoms with Crippen molar-refractivity contribution in [3.05, 3.63) is 16.8 Å². The van der Waals surface area contributed by atoms with E-state index in [1.807, 2.05) is 0 Å². The van der Waals surface area contributed by atoms with E-state index in [4.69, 9.17) is 10.5 Å². The third-order valence-corrected chi connectivity index (χ3v) is 8.38. The van der Waals surface area contributed by atoms with Crippen molar-refractivity contribution < 1.29 is 18.3 Å². The lowest BCUT2D eigenvalue weighted by Gasteiger charge is -2.40. The molecule has 168 valence electrons. The molecule has 9 heteroatoms. The van der Waals surface area contributed by atoms with Crippen LogP contribution in [0.1, 0.15) is 55.4 Å². The predicted octanol–water partition coefficient (Wildman–Crippen LogP) is 3.70. The zero-order valence-electron chi connectivity index (χ0n) is 17.5. The number of aryl methyl sites for hydroxylation is 1. The Balaban J connectivity index is 1.27. The fourth-order valence-electron chi connectivity index (χ4n) is 5.31. The third-order valence-electron chi connectivity index (χ3n) is 7.18. The topological polar surface area (TPSA) is 81.3 Å². The van der Waals surface area contributed by atoms with Crippen molar-refractivity contribution in [1.82, 2.24) is 14.9 Å². The molecule has 2 aromatic heterocycles. The summed E-state index contributed by atoms with van der Waals surface area (Å²) < 4.78 is 33.3. The Bertz CT molecular complexity index is 964. The molecule has 1 saturated carbocycles. The third kappa shape index (κ3) is 4.26. The maximum Gasteiger partial charge on any atom is 0.250 e. The van der Waals surface area contributed by atoms with E-state index in [1.54, 1.807) is 17.7 Å². The van der Waals surface area contributed by atoms with E-state index in [0.717, 1.165) is 54.3 Å². The lowest BCUT2D eigenvalue weighted by atomic mass is 9.87. The number of aromatic nitrogens is 2. The number of likely N-dealkylation sites (tertiary alicyclic amines) is 1. The minimum absolute atomic E-state index is 0.0299. The molecule has 0 bridgehead atoms. The largest absolute Gasteiger partial charge is 0.474 e. The van der Waals surface area contributed by atoms with E-state index in [9.17, 15) is 13.6 Å². The van der Waals surface area contributed by atoms with Gasteiger partial charge in [-0.15, -0.1) is 11.3 Å². The highest BCUT2D eigenvalue weighted by Crippen LogP contribution is 2.41. The minimum Gasteiger partial charge on any atom is -0.474 e. The second kappa shape index (κ2) is 8.24. The van der Waals surface area contributed by atoms with Crippen LogP contribution in [0.15, 0.2) is 6.33 Å². The van der Waals surface area contributed by atoms with Gasteiger partial charge in [0.1, 0.15) is 17.3 Å². The van der Waals surface area contributed by atoms with E-state index >= 15 is 0 Å². The van der Waals surface area contributed by atoms with Crippen molar-refractivity contribution in [2.24, 2.45) is 11.7 Å². The Hall–Kier alpha value is -1.87. The Morgan fingerprint density at radius 1 is 1.16 bits per heavy atom. The Morgan fingerprint density at radius 3 is 2.61 bits per heavy atom.